The summed E-state index contributed by atoms with van der Waals surface area (Å²) >= 11 is 0. The number of benzene rings is 3. The van der Waals surface area contributed by atoms with Crippen molar-refractivity contribution in [3.63, 3.8) is 0 Å². The van der Waals surface area contributed by atoms with Crippen LogP contribution in [0.25, 0.3) is 5.70 Å². The molecule has 0 aliphatic carbocycles. The van der Waals surface area contributed by atoms with E-state index in [9.17, 15) is 4.79 Å². The Hall–Kier alpha value is -4.17. The molecule has 0 spiro atoms. The van der Waals surface area contributed by atoms with Crippen molar-refractivity contribution >= 4 is 34.4 Å². The monoisotopic (exact) mass is 539 g/mol. The normalized spacial score (nSPS) is 17.9. The van der Waals surface area contributed by atoms with Crippen LogP contribution in [0.5, 0.6) is 5.75 Å². The minimum atomic E-state index is -0.101. The van der Waals surface area contributed by atoms with Gasteiger partial charge in [-0.25, -0.2) is 0 Å². The zero-order valence-electron chi connectivity index (χ0n) is 23.3. The Morgan fingerprint density at radius 2 is 1.85 bits per heavy atom. The highest BCUT2D eigenvalue weighted by Crippen LogP contribution is 2.45. The van der Waals surface area contributed by atoms with Crippen LogP contribution in [0.4, 0.5) is 22.7 Å². The van der Waals surface area contributed by atoms with Crippen LogP contribution >= 0.6 is 0 Å². The van der Waals surface area contributed by atoms with Crippen LogP contribution in [0.15, 0.2) is 67.2 Å². The highest BCUT2D eigenvalue weighted by molar-refractivity contribution is 5.88. The van der Waals surface area contributed by atoms with Gasteiger partial charge in [0.15, 0.2) is 6.61 Å². The Morgan fingerprint density at radius 1 is 1.07 bits per heavy atom. The molecule has 6 rings (SSSR count). The SMILES string of the molecule is C=C1c2ccc(N3CCOCC3)cc2CN1c1ccc2c(c1)N(C)C(c1ccc(OCC(=O)NCCC)cc1)N2. The summed E-state index contributed by atoms with van der Waals surface area (Å²) in [5.74, 6) is 0.579. The van der Waals surface area contributed by atoms with Crippen molar-refractivity contribution in [1.82, 2.24) is 5.32 Å². The van der Waals surface area contributed by atoms with Crippen molar-refractivity contribution in [2.45, 2.75) is 26.1 Å². The minimum Gasteiger partial charge on any atom is -0.484 e. The summed E-state index contributed by atoms with van der Waals surface area (Å²) in [4.78, 5) is 18.8. The first-order chi connectivity index (χ1) is 19.5. The zero-order valence-corrected chi connectivity index (χ0v) is 23.3. The highest BCUT2D eigenvalue weighted by Gasteiger charge is 2.30. The standard InChI is InChI=1S/C32H37N5O3/c1-4-13-33-31(38)21-40-27-9-5-23(6-10-27)32-34-29-12-8-26(19-30(29)35(32)3)37-20-24-18-25(7-11-28(24)22(37)2)36-14-16-39-17-15-36/h5-12,18-19,32,34H,2,4,13-17,20-21H2,1,3H3,(H,33,38). The average Bonchev–Trinajstić information content (AvgIpc) is 3.51. The molecule has 0 saturated carbocycles. The molecular formula is C32H37N5O3. The van der Waals surface area contributed by atoms with Gasteiger partial charge in [0.05, 0.1) is 24.6 Å². The van der Waals surface area contributed by atoms with Crippen LogP contribution in [-0.2, 0) is 16.1 Å². The fourth-order valence-corrected chi connectivity index (χ4v) is 5.67. The Bertz CT molecular complexity index is 1400. The van der Waals surface area contributed by atoms with E-state index in [0.717, 1.165) is 67.6 Å². The van der Waals surface area contributed by atoms with E-state index in [0.29, 0.717) is 12.3 Å². The number of nitrogens with zero attached hydrogens (tertiary/aromatic N) is 3. The molecule has 3 aliphatic heterocycles. The van der Waals surface area contributed by atoms with Gasteiger partial charge in [0.1, 0.15) is 11.9 Å². The smallest absolute Gasteiger partial charge is 0.257 e. The van der Waals surface area contributed by atoms with E-state index in [2.05, 4.69) is 75.4 Å². The van der Waals surface area contributed by atoms with Crippen LogP contribution in [0, 0.1) is 0 Å². The zero-order chi connectivity index (χ0) is 27.6. The lowest BCUT2D eigenvalue weighted by Gasteiger charge is -2.29. The number of morpholine rings is 1. The summed E-state index contributed by atoms with van der Waals surface area (Å²) in [5, 5.41) is 6.48. The molecule has 1 unspecified atom stereocenters. The fraction of sp³-hybridized carbons (Fsp3) is 0.344. The molecule has 1 amide bonds. The maximum Gasteiger partial charge on any atom is 0.257 e. The van der Waals surface area contributed by atoms with Gasteiger partial charge in [-0.2, -0.15) is 0 Å². The quantitative estimate of drug-likeness (QED) is 0.419. The maximum absolute atomic E-state index is 11.8. The number of nitrogens with one attached hydrogen (secondary N) is 2. The Balaban J connectivity index is 1.13. The highest BCUT2D eigenvalue weighted by atomic mass is 16.5. The molecule has 3 aromatic carbocycles. The Morgan fingerprint density at radius 3 is 2.62 bits per heavy atom. The van der Waals surface area contributed by atoms with E-state index in [-0.39, 0.29) is 18.7 Å². The number of ether oxygens (including phenoxy) is 2. The molecule has 208 valence electrons. The summed E-state index contributed by atoms with van der Waals surface area (Å²) in [6.45, 7) is 11.4. The van der Waals surface area contributed by atoms with Gasteiger partial charge in [0.2, 0.25) is 0 Å². The van der Waals surface area contributed by atoms with Gasteiger partial charge in [-0.3, -0.25) is 4.79 Å². The van der Waals surface area contributed by atoms with E-state index < -0.39 is 0 Å². The second-order valence-electron chi connectivity index (χ2n) is 10.5. The molecule has 0 radical (unpaired) electrons. The number of rotatable bonds is 8. The number of hydrogen-bond donors (Lipinski definition) is 2. The van der Waals surface area contributed by atoms with Crippen LogP contribution < -0.4 is 30.1 Å². The summed E-state index contributed by atoms with van der Waals surface area (Å²) in [5.41, 5.74) is 9.32. The molecule has 2 N–H and O–H groups in total. The largest absolute Gasteiger partial charge is 0.484 e. The van der Waals surface area contributed by atoms with Crippen molar-refractivity contribution in [3.05, 3.63) is 83.9 Å². The maximum atomic E-state index is 11.8. The number of carbonyl (C=O) groups is 1. The molecule has 0 aromatic heterocycles. The molecule has 0 bridgehead atoms. The third-order valence-corrected chi connectivity index (χ3v) is 7.92. The Labute approximate surface area is 236 Å². The van der Waals surface area contributed by atoms with E-state index in [1.54, 1.807) is 0 Å². The number of hydrogen-bond acceptors (Lipinski definition) is 7. The molecule has 3 heterocycles. The summed E-state index contributed by atoms with van der Waals surface area (Å²) in [6.07, 6.45) is 0.908. The van der Waals surface area contributed by atoms with Crippen LogP contribution in [0.3, 0.4) is 0 Å². The topological polar surface area (TPSA) is 69.3 Å². The molecule has 1 atom stereocenters. The first-order valence-electron chi connectivity index (χ1n) is 14.1. The number of carbonyl (C=O) groups excluding carboxylic acids is 1. The Kier molecular flexibility index (Phi) is 7.26. The summed E-state index contributed by atoms with van der Waals surface area (Å²) in [6, 6.07) is 21.2. The van der Waals surface area contributed by atoms with E-state index in [4.69, 9.17) is 9.47 Å². The third kappa shape index (κ3) is 5.07. The fourth-order valence-electron chi connectivity index (χ4n) is 5.67. The van der Waals surface area contributed by atoms with E-state index in [1.807, 2.05) is 31.2 Å². The molecule has 40 heavy (non-hydrogen) atoms. The van der Waals surface area contributed by atoms with Crippen molar-refractivity contribution < 1.29 is 14.3 Å². The summed E-state index contributed by atoms with van der Waals surface area (Å²) in [7, 11) is 2.11. The molecule has 8 nitrogen and oxygen atoms in total. The van der Waals surface area contributed by atoms with Crippen molar-refractivity contribution in [2.75, 3.05) is 66.5 Å². The minimum absolute atomic E-state index is 0.00205. The van der Waals surface area contributed by atoms with Crippen LogP contribution in [-0.4, -0.2) is 52.4 Å². The second kappa shape index (κ2) is 11.1. The second-order valence-corrected chi connectivity index (χ2v) is 10.5. The lowest BCUT2D eigenvalue weighted by Crippen LogP contribution is -2.36. The van der Waals surface area contributed by atoms with E-state index in [1.165, 1.54) is 16.8 Å². The van der Waals surface area contributed by atoms with Gasteiger partial charge in [-0.05, 0) is 60.0 Å². The molecule has 3 aromatic rings. The third-order valence-electron chi connectivity index (χ3n) is 7.92. The van der Waals surface area contributed by atoms with Crippen LogP contribution in [0.2, 0.25) is 0 Å². The first-order valence-corrected chi connectivity index (χ1v) is 14.1. The van der Waals surface area contributed by atoms with Crippen molar-refractivity contribution in [2.24, 2.45) is 0 Å². The van der Waals surface area contributed by atoms with Gasteiger partial charge in [-0.1, -0.05) is 31.7 Å². The number of anilines is 4. The molecule has 8 heteroatoms. The van der Waals surface area contributed by atoms with Crippen LogP contribution in [0.1, 0.15) is 36.2 Å². The van der Waals surface area contributed by atoms with Crippen molar-refractivity contribution in [3.8, 4) is 5.75 Å². The lowest BCUT2D eigenvalue weighted by atomic mass is 10.1. The van der Waals surface area contributed by atoms with Gasteiger partial charge < -0.3 is 34.8 Å². The number of fused-ring (bicyclic) bond motifs is 2. The predicted molar refractivity (Wildman–Crippen MR) is 161 cm³/mol. The van der Waals surface area contributed by atoms with Gasteiger partial charge in [0, 0.05) is 55.9 Å². The van der Waals surface area contributed by atoms with Crippen molar-refractivity contribution in [1.29, 1.82) is 0 Å². The first kappa shape index (κ1) is 26.1. The predicted octanol–water partition coefficient (Wildman–Crippen LogP) is 4.98. The van der Waals surface area contributed by atoms with Gasteiger partial charge in [-0.15, -0.1) is 0 Å². The molecular weight excluding hydrogens is 502 g/mol. The molecule has 1 saturated heterocycles. The van der Waals surface area contributed by atoms with Gasteiger partial charge >= 0.3 is 0 Å². The van der Waals surface area contributed by atoms with Gasteiger partial charge in [0.25, 0.3) is 5.91 Å². The lowest BCUT2D eigenvalue weighted by molar-refractivity contribution is -0.123. The number of amides is 1. The van der Waals surface area contributed by atoms with E-state index >= 15 is 0 Å². The summed E-state index contributed by atoms with van der Waals surface area (Å²) < 4.78 is 11.2. The molecule has 1 fully saturated rings. The molecule has 3 aliphatic rings. The average molecular weight is 540 g/mol.